The summed E-state index contributed by atoms with van der Waals surface area (Å²) in [6.45, 7) is 3.12. The summed E-state index contributed by atoms with van der Waals surface area (Å²) in [4.78, 5) is 13.8. The van der Waals surface area contributed by atoms with Crippen molar-refractivity contribution in [3.63, 3.8) is 0 Å². The van der Waals surface area contributed by atoms with Gasteiger partial charge in [-0.3, -0.25) is 4.79 Å². The Morgan fingerprint density at radius 3 is 2.08 bits per heavy atom. The van der Waals surface area contributed by atoms with Gasteiger partial charge in [-0.25, -0.2) is 0 Å². The molecule has 4 aliphatic heterocycles. The molecule has 6 rings (SSSR count). The third kappa shape index (κ3) is 14.5. The quantitative estimate of drug-likeness (QED) is 0.0943. The first-order chi connectivity index (χ1) is 26.1. The van der Waals surface area contributed by atoms with Gasteiger partial charge in [0.15, 0.2) is 30.9 Å². The summed E-state index contributed by atoms with van der Waals surface area (Å²) in [7, 11) is 0. The second-order valence-corrected chi connectivity index (χ2v) is 17.8. The predicted molar refractivity (Wildman–Crippen MR) is 209 cm³/mol. The van der Waals surface area contributed by atoms with Crippen molar-refractivity contribution in [1.29, 1.82) is 0 Å². The largest absolute Gasteiger partial charge is 0.353 e. The van der Waals surface area contributed by atoms with Crippen molar-refractivity contribution in [2.45, 2.75) is 165 Å². The first kappa shape index (κ1) is 41.6. The van der Waals surface area contributed by atoms with Crippen LogP contribution in [-0.2, 0) is 49.1 Å². The van der Waals surface area contributed by atoms with Crippen LogP contribution >= 0.6 is 27.3 Å². The third-order valence-electron chi connectivity index (χ3n) is 11.1. The average Bonchev–Trinajstić information content (AvgIpc) is 3.76. The number of unbranched alkanes of at least 4 members (excludes halogenated alkanes) is 1. The van der Waals surface area contributed by atoms with E-state index in [1.165, 1.54) is 4.88 Å². The molecule has 0 spiro atoms. The van der Waals surface area contributed by atoms with E-state index >= 15 is 0 Å². The minimum absolute atomic E-state index is 0.00348. The molecule has 0 aromatic carbocycles. The van der Waals surface area contributed by atoms with Gasteiger partial charge in [0.25, 0.3) is 0 Å². The Kier molecular flexibility index (Phi) is 18.3. The van der Waals surface area contributed by atoms with E-state index in [-0.39, 0.29) is 67.7 Å². The predicted octanol–water partition coefficient (Wildman–Crippen LogP) is 9.60. The number of carbonyl (C=O) groups is 1. The molecule has 9 atom stereocenters. The van der Waals surface area contributed by atoms with Crippen LogP contribution in [0.5, 0.6) is 0 Å². The number of ether oxygens (including phenoxy) is 8. The summed E-state index contributed by atoms with van der Waals surface area (Å²) in [5.74, 6) is 0.460. The van der Waals surface area contributed by atoms with Crippen LogP contribution < -0.4 is 0 Å². The van der Waals surface area contributed by atoms with Crippen LogP contribution in [0.2, 0.25) is 0 Å². The van der Waals surface area contributed by atoms with Crippen molar-refractivity contribution in [3.8, 4) is 0 Å². The Morgan fingerprint density at radius 2 is 1.45 bits per heavy atom. The second-order valence-electron chi connectivity index (χ2n) is 15.3. The van der Waals surface area contributed by atoms with E-state index in [2.05, 4.69) is 52.4 Å². The molecule has 5 aliphatic rings. The number of hydrogen-bond acceptors (Lipinski definition) is 10. The zero-order chi connectivity index (χ0) is 36.5. The van der Waals surface area contributed by atoms with Crippen LogP contribution in [0, 0.1) is 11.8 Å². The van der Waals surface area contributed by atoms with Crippen LogP contribution in [0.25, 0.3) is 0 Å². The van der Waals surface area contributed by atoms with Gasteiger partial charge >= 0.3 is 0 Å². The lowest BCUT2D eigenvalue weighted by molar-refractivity contribution is -0.203. The van der Waals surface area contributed by atoms with Crippen LogP contribution in [-0.4, -0.2) is 82.3 Å². The van der Waals surface area contributed by atoms with E-state index < -0.39 is 0 Å². The molecule has 5 fully saturated rings. The number of Topliss-reactive ketones (excluding diaryl/α,β-unsaturated/α-hetero) is 1. The number of allylic oxidation sites excluding steroid dienone is 2. The molecular weight excluding hydrogens is 760 g/mol. The highest BCUT2D eigenvalue weighted by Crippen LogP contribution is 2.42. The lowest BCUT2D eigenvalue weighted by atomic mass is 9.89. The van der Waals surface area contributed by atoms with Gasteiger partial charge in [-0.15, -0.1) is 11.3 Å². The van der Waals surface area contributed by atoms with Gasteiger partial charge in [0.1, 0.15) is 6.61 Å². The maximum absolute atomic E-state index is 12.5. The second kappa shape index (κ2) is 23.3. The number of aryl methyl sites for hydroxylation is 1. The molecule has 0 bridgehead atoms. The number of rotatable bonds is 20. The first-order valence-electron chi connectivity index (χ1n) is 20.7. The van der Waals surface area contributed by atoms with Crippen LogP contribution in [0.3, 0.4) is 0 Å². The smallest absolute Gasteiger partial charge is 0.158 e. The molecule has 1 saturated carbocycles. The van der Waals surface area contributed by atoms with Crippen molar-refractivity contribution in [1.82, 2.24) is 0 Å². The SMILES string of the molecule is O=C(CCCC=CC[C@@H]1[C@@H](C=C[C@@H](CCc2ccc(Br)s2)OC2CCCCO2)[C@H](OC2CCCCO2)C[C@@H]1OC1CCCCO1)COC1CCCCO1. The van der Waals surface area contributed by atoms with Crippen LogP contribution in [0.15, 0.2) is 40.2 Å². The minimum Gasteiger partial charge on any atom is -0.353 e. The molecule has 298 valence electrons. The Balaban J connectivity index is 1.12. The number of thiophene rings is 1. The summed E-state index contributed by atoms with van der Waals surface area (Å²) in [6, 6.07) is 4.32. The molecule has 5 heterocycles. The Bertz CT molecular complexity index is 1230. The Hall–Kier alpha value is -0.990. The highest BCUT2D eigenvalue weighted by molar-refractivity contribution is 9.11. The number of ketones is 1. The molecule has 0 amide bonds. The average molecular weight is 824 g/mol. The maximum atomic E-state index is 12.5. The highest BCUT2D eigenvalue weighted by Gasteiger charge is 2.45. The molecule has 0 radical (unpaired) electrons. The van der Waals surface area contributed by atoms with E-state index in [0.29, 0.717) is 6.42 Å². The van der Waals surface area contributed by atoms with E-state index in [4.69, 9.17) is 37.9 Å². The van der Waals surface area contributed by atoms with Gasteiger partial charge in [0.2, 0.25) is 0 Å². The first-order valence-corrected chi connectivity index (χ1v) is 22.3. The van der Waals surface area contributed by atoms with Gasteiger partial charge in [-0.2, -0.15) is 0 Å². The van der Waals surface area contributed by atoms with E-state index in [1.807, 2.05) is 0 Å². The molecule has 53 heavy (non-hydrogen) atoms. The number of halogens is 1. The van der Waals surface area contributed by atoms with Gasteiger partial charge in [-0.05, 0) is 143 Å². The van der Waals surface area contributed by atoms with Crippen LogP contribution in [0.4, 0.5) is 0 Å². The monoisotopic (exact) mass is 822 g/mol. The van der Waals surface area contributed by atoms with E-state index in [9.17, 15) is 4.79 Å². The van der Waals surface area contributed by atoms with Gasteiger partial charge < -0.3 is 37.9 Å². The molecule has 4 saturated heterocycles. The van der Waals surface area contributed by atoms with E-state index in [0.717, 1.165) is 146 Å². The molecule has 1 aromatic rings. The molecule has 11 heteroatoms. The molecular formula is C42H63BrO9S. The molecule has 1 aliphatic carbocycles. The number of carbonyl (C=O) groups excluding carboxylic acids is 1. The molecule has 0 N–H and O–H groups in total. The summed E-state index contributed by atoms with van der Waals surface area (Å²) >= 11 is 5.41. The summed E-state index contributed by atoms with van der Waals surface area (Å²) in [5, 5.41) is 0. The third-order valence-corrected chi connectivity index (χ3v) is 12.8. The van der Waals surface area contributed by atoms with Gasteiger partial charge in [0.05, 0.1) is 22.1 Å². The topological polar surface area (TPSA) is 90.9 Å². The summed E-state index contributed by atoms with van der Waals surface area (Å²) in [6.07, 6.45) is 26.4. The van der Waals surface area contributed by atoms with Crippen molar-refractivity contribution in [2.24, 2.45) is 11.8 Å². The lowest BCUT2D eigenvalue weighted by Crippen LogP contribution is -2.31. The molecule has 1 aromatic heterocycles. The fraction of sp³-hybridized carbons (Fsp3) is 0.786. The van der Waals surface area contributed by atoms with Gasteiger partial charge in [0, 0.05) is 50.1 Å². The fourth-order valence-electron chi connectivity index (χ4n) is 8.12. The van der Waals surface area contributed by atoms with Crippen molar-refractivity contribution in [2.75, 3.05) is 33.0 Å². The maximum Gasteiger partial charge on any atom is 0.158 e. The summed E-state index contributed by atoms with van der Waals surface area (Å²) < 4.78 is 51.0. The van der Waals surface area contributed by atoms with Gasteiger partial charge in [-0.1, -0.05) is 24.3 Å². The lowest BCUT2D eigenvalue weighted by Gasteiger charge is -2.30. The standard InChI is InChI=1S/C42H63BrO9S/c43-38-24-22-33(53-38)21-19-32(50-40-16-6-10-26-46-40)20-23-35-34(14-4-2-1-3-13-31(44)30-49-39-15-5-9-25-45-39)36(51-41-17-7-11-27-47-41)29-37(35)52-42-18-8-12-28-48-42/h2,4,20,22-24,32,34-37,39-42H,1,3,5-19,21,25-30H2/t32-,34-,35-,36+,37-,39?,40?,41?,42?/m1/s1. The zero-order valence-corrected chi connectivity index (χ0v) is 34.0. The highest BCUT2D eigenvalue weighted by atomic mass is 79.9. The Labute approximate surface area is 329 Å². The fourth-order valence-corrected chi connectivity index (χ4v) is 9.62. The van der Waals surface area contributed by atoms with E-state index in [1.54, 1.807) is 11.3 Å². The van der Waals surface area contributed by atoms with Crippen molar-refractivity contribution >= 4 is 33.0 Å². The Morgan fingerprint density at radius 1 is 0.811 bits per heavy atom. The minimum atomic E-state index is -0.224. The van der Waals surface area contributed by atoms with Crippen molar-refractivity contribution in [3.05, 3.63) is 45.1 Å². The number of hydrogen-bond donors (Lipinski definition) is 0. The molecule has 4 unspecified atom stereocenters. The zero-order valence-electron chi connectivity index (χ0n) is 31.6. The van der Waals surface area contributed by atoms with Crippen molar-refractivity contribution < 1.29 is 42.7 Å². The van der Waals surface area contributed by atoms with Crippen LogP contribution in [0.1, 0.15) is 120 Å². The normalized spacial score (nSPS) is 32.1. The summed E-state index contributed by atoms with van der Waals surface area (Å²) in [5.41, 5.74) is 0. The molecule has 9 nitrogen and oxygen atoms in total.